The molecule has 5 heteroatoms. The second-order valence-electron chi connectivity index (χ2n) is 4.56. The van der Waals surface area contributed by atoms with Crippen LogP contribution in [0.3, 0.4) is 0 Å². The summed E-state index contributed by atoms with van der Waals surface area (Å²) in [5.41, 5.74) is 3.75. The Bertz CT molecular complexity index is 581. The van der Waals surface area contributed by atoms with E-state index in [-0.39, 0.29) is 24.0 Å². The zero-order chi connectivity index (χ0) is 13.1. The Balaban J connectivity index is 0.00000147. The van der Waals surface area contributed by atoms with Crippen molar-refractivity contribution >= 4 is 35.6 Å². The maximum absolute atomic E-state index is 5.07. The van der Waals surface area contributed by atoms with Gasteiger partial charge in [0.05, 0.1) is 12.5 Å². The molecule has 1 aliphatic rings. The smallest absolute Gasteiger partial charge is 0.198 e. The maximum atomic E-state index is 5.07. The van der Waals surface area contributed by atoms with Crippen molar-refractivity contribution in [2.75, 3.05) is 18.5 Å². The zero-order valence-corrected chi connectivity index (χ0v) is 13.7. The summed E-state index contributed by atoms with van der Waals surface area (Å²) in [6.45, 7) is 1.70. The number of benzene rings is 1. The molecule has 0 unspecified atom stereocenters. The number of hydrogen-bond acceptors (Lipinski definition) is 2. The lowest BCUT2D eigenvalue weighted by Crippen LogP contribution is -2.40. The van der Waals surface area contributed by atoms with E-state index in [0.717, 1.165) is 31.0 Å². The molecule has 1 aromatic carbocycles. The maximum Gasteiger partial charge on any atom is 0.198 e. The molecule has 0 saturated carbocycles. The molecule has 1 aliphatic heterocycles. The van der Waals surface area contributed by atoms with Gasteiger partial charge in [0.2, 0.25) is 0 Å². The lowest BCUT2D eigenvalue weighted by molar-refractivity contribution is 0.563. The third kappa shape index (κ3) is 2.98. The van der Waals surface area contributed by atoms with E-state index in [1.807, 2.05) is 13.1 Å². The van der Waals surface area contributed by atoms with Crippen molar-refractivity contribution in [3.05, 3.63) is 54.0 Å². The van der Waals surface area contributed by atoms with Crippen LogP contribution in [-0.2, 0) is 13.0 Å². The van der Waals surface area contributed by atoms with Crippen LogP contribution in [0, 0.1) is 0 Å². The first kappa shape index (κ1) is 14.9. The molecule has 4 nitrogen and oxygen atoms in total. The Kier molecular flexibility index (Phi) is 5.05. The molecule has 1 aromatic heterocycles. The van der Waals surface area contributed by atoms with Gasteiger partial charge in [-0.05, 0) is 24.1 Å². The first-order chi connectivity index (χ1) is 9.38. The van der Waals surface area contributed by atoms with Crippen molar-refractivity contribution in [2.24, 2.45) is 4.99 Å². The second kappa shape index (κ2) is 6.78. The molecule has 0 radical (unpaired) electrons. The first-order valence-corrected chi connectivity index (χ1v) is 6.45. The van der Waals surface area contributed by atoms with Crippen molar-refractivity contribution in [3.63, 3.8) is 0 Å². The van der Waals surface area contributed by atoms with Crippen LogP contribution >= 0.6 is 24.0 Å². The topological polar surface area (TPSA) is 40.8 Å². The lowest BCUT2D eigenvalue weighted by Gasteiger charge is -2.22. The number of guanidine groups is 1. The summed E-state index contributed by atoms with van der Waals surface area (Å²) in [5.74, 6) is 0.908. The number of nitrogens with zero attached hydrogens (tertiary/aromatic N) is 2. The summed E-state index contributed by atoms with van der Waals surface area (Å²) >= 11 is 0. The molecule has 20 heavy (non-hydrogen) atoms. The monoisotopic (exact) mass is 383 g/mol. The van der Waals surface area contributed by atoms with Gasteiger partial charge in [0.25, 0.3) is 0 Å². The summed E-state index contributed by atoms with van der Waals surface area (Å²) in [6, 6.07) is 10.4. The molecule has 0 aliphatic carbocycles. The Morgan fingerprint density at radius 1 is 1.35 bits per heavy atom. The van der Waals surface area contributed by atoms with E-state index in [2.05, 4.69) is 39.5 Å². The largest absolute Gasteiger partial charge is 0.472 e. The average Bonchev–Trinajstić information content (AvgIpc) is 3.09. The fraction of sp³-hybridized carbons (Fsp3) is 0.267. The fourth-order valence-corrected chi connectivity index (χ4v) is 2.43. The van der Waals surface area contributed by atoms with Crippen LogP contribution in [0.5, 0.6) is 0 Å². The summed E-state index contributed by atoms with van der Waals surface area (Å²) < 4.78 is 5.07. The summed E-state index contributed by atoms with van der Waals surface area (Å²) in [5, 5.41) is 3.37. The van der Waals surface area contributed by atoms with Gasteiger partial charge >= 0.3 is 0 Å². The SMILES string of the molecule is CN=C(NCc1ccoc1)N1CCc2ccccc21.I. The van der Waals surface area contributed by atoms with Gasteiger partial charge < -0.3 is 14.6 Å². The standard InChI is InChI=1S/C15H17N3O.HI/c1-16-15(17-10-12-7-9-19-11-12)18-8-6-13-4-2-3-5-14(13)18;/h2-5,7,9,11H,6,8,10H2,1H3,(H,16,17);1H. The number of para-hydroxylation sites is 1. The Labute approximate surface area is 135 Å². The lowest BCUT2D eigenvalue weighted by atomic mass is 10.2. The third-order valence-electron chi connectivity index (χ3n) is 3.39. The molecule has 0 saturated heterocycles. The summed E-state index contributed by atoms with van der Waals surface area (Å²) in [4.78, 5) is 6.60. The molecule has 0 spiro atoms. The van der Waals surface area contributed by atoms with Gasteiger partial charge in [0.1, 0.15) is 0 Å². The number of fused-ring (bicyclic) bond motifs is 1. The number of anilines is 1. The molecule has 0 atom stereocenters. The minimum absolute atomic E-state index is 0. The van der Waals surface area contributed by atoms with Crippen LogP contribution in [0.4, 0.5) is 5.69 Å². The molecule has 106 valence electrons. The van der Waals surface area contributed by atoms with Crippen LogP contribution in [-0.4, -0.2) is 19.6 Å². The van der Waals surface area contributed by atoms with Crippen molar-refractivity contribution in [3.8, 4) is 0 Å². The minimum Gasteiger partial charge on any atom is -0.472 e. The molecule has 1 N–H and O–H groups in total. The third-order valence-corrected chi connectivity index (χ3v) is 3.39. The number of furan rings is 1. The van der Waals surface area contributed by atoms with Crippen molar-refractivity contribution in [2.45, 2.75) is 13.0 Å². The van der Waals surface area contributed by atoms with Gasteiger partial charge in [-0.15, -0.1) is 24.0 Å². The van der Waals surface area contributed by atoms with E-state index >= 15 is 0 Å². The van der Waals surface area contributed by atoms with Gasteiger partial charge in [-0.25, -0.2) is 0 Å². The highest BCUT2D eigenvalue weighted by Gasteiger charge is 2.22. The van der Waals surface area contributed by atoms with E-state index < -0.39 is 0 Å². The Morgan fingerprint density at radius 2 is 2.20 bits per heavy atom. The van der Waals surface area contributed by atoms with Crippen molar-refractivity contribution < 1.29 is 4.42 Å². The second-order valence-corrected chi connectivity index (χ2v) is 4.56. The Hall–Kier alpha value is -1.50. The van der Waals surface area contributed by atoms with Crippen LogP contribution in [0.25, 0.3) is 0 Å². The van der Waals surface area contributed by atoms with Crippen LogP contribution in [0.15, 0.2) is 52.3 Å². The zero-order valence-electron chi connectivity index (χ0n) is 11.4. The van der Waals surface area contributed by atoms with Crippen LogP contribution in [0.1, 0.15) is 11.1 Å². The van der Waals surface area contributed by atoms with Crippen LogP contribution in [0.2, 0.25) is 0 Å². The van der Waals surface area contributed by atoms with Crippen LogP contribution < -0.4 is 10.2 Å². The van der Waals surface area contributed by atoms with Gasteiger partial charge in [-0.2, -0.15) is 0 Å². The van der Waals surface area contributed by atoms with E-state index in [0.29, 0.717) is 0 Å². The van der Waals surface area contributed by atoms with E-state index in [1.165, 1.54) is 11.3 Å². The highest BCUT2D eigenvalue weighted by Crippen LogP contribution is 2.27. The predicted octanol–water partition coefficient (Wildman–Crippen LogP) is 3.04. The fourth-order valence-electron chi connectivity index (χ4n) is 2.43. The summed E-state index contributed by atoms with van der Waals surface area (Å²) in [7, 11) is 1.82. The first-order valence-electron chi connectivity index (χ1n) is 6.45. The van der Waals surface area contributed by atoms with Crippen molar-refractivity contribution in [1.82, 2.24) is 5.32 Å². The highest BCUT2D eigenvalue weighted by atomic mass is 127. The van der Waals surface area contributed by atoms with E-state index in [1.54, 1.807) is 12.5 Å². The number of hydrogen-bond donors (Lipinski definition) is 1. The molecule has 2 heterocycles. The number of nitrogens with one attached hydrogen (secondary N) is 1. The molecule has 0 bridgehead atoms. The van der Waals surface area contributed by atoms with Gasteiger partial charge in [-0.3, -0.25) is 4.99 Å². The number of aliphatic imine (C=N–C) groups is 1. The summed E-state index contributed by atoms with van der Waals surface area (Å²) in [6.07, 6.45) is 4.51. The molecule has 0 fully saturated rings. The van der Waals surface area contributed by atoms with E-state index in [9.17, 15) is 0 Å². The molecule has 2 aromatic rings. The normalized spacial score (nSPS) is 13.8. The number of halogens is 1. The molecular weight excluding hydrogens is 365 g/mol. The van der Waals surface area contributed by atoms with Gasteiger partial charge in [0.15, 0.2) is 5.96 Å². The quantitative estimate of drug-likeness (QED) is 0.493. The number of rotatable bonds is 2. The Morgan fingerprint density at radius 3 is 2.95 bits per heavy atom. The predicted molar refractivity (Wildman–Crippen MR) is 91.8 cm³/mol. The average molecular weight is 383 g/mol. The highest BCUT2D eigenvalue weighted by molar-refractivity contribution is 14.0. The van der Waals surface area contributed by atoms with Gasteiger partial charge in [-0.1, -0.05) is 18.2 Å². The molecular formula is C15H18IN3O. The van der Waals surface area contributed by atoms with Gasteiger partial charge in [0, 0.05) is 31.4 Å². The van der Waals surface area contributed by atoms with E-state index in [4.69, 9.17) is 4.42 Å². The molecule has 3 rings (SSSR count). The molecule has 0 amide bonds. The minimum atomic E-state index is 0. The van der Waals surface area contributed by atoms with Crippen molar-refractivity contribution in [1.29, 1.82) is 0 Å².